The van der Waals surface area contributed by atoms with Crippen LogP contribution in [0.1, 0.15) is 13.8 Å². The van der Waals surface area contributed by atoms with Crippen molar-refractivity contribution in [1.29, 1.82) is 0 Å². The second-order valence-corrected chi connectivity index (χ2v) is 3.00. The average Bonchev–Trinajstić information content (AvgIpc) is 2.24. The Morgan fingerprint density at radius 2 is 1.94 bits per heavy atom. The lowest BCUT2D eigenvalue weighted by molar-refractivity contribution is -0.150. The molecule has 0 heterocycles. The molecule has 0 aromatic heterocycles. The number of hydrogen-bond donors (Lipinski definition) is 2. The molecule has 1 unspecified atom stereocenters. The molecule has 0 saturated carbocycles. The molecule has 17 heavy (non-hydrogen) atoms. The lowest BCUT2D eigenvalue weighted by Gasteiger charge is -2.02. The molecule has 0 aliphatic carbocycles. The van der Waals surface area contributed by atoms with Crippen LogP contribution in [0.3, 0.4) is 0 Å². The number of carbonyl (C=O) groups excluding carboxylic acids is 1. The number of hydrogen-bond acceptors (Lipinski definition) is 5. The Bertz CT molecular complexity index is 269. The third kappa shape index (κ3) is 14.3. The maximum absolute atomic E-state index is 10.7. The van der Waals surface area contributed by atoms with Crippen LogP contribution >= 0.6 is 0 Å². The molecule has 0 aliphatic rings. The summed E-state index contributed by atoms with van der Waals surface area (Å²) in [5.41, 5.74) is 0.368. The zero-order valence-corrected chi connectivity index (χ0v) is 10.0. The largest absolute Gasteiger partial charge is 0.479 e. The van der Waals surface area contributed by atoms with E-state index in [2.05, 4.69) is 17.9 Å². The van der Waals surface area contributed by atoms with Crippen LogP contribution in [0.4, 0.5) is 0 Å². The van der Waals surface area contributed by atoms with Gasteiger partial charge in [0, 0.05) is 5.57 Å². The first-order valence-electron chi connectivity index (χ1n) is 4.75. The van der Waals surface area contributed by atoms with E-state index in [0.717, 1.165) is 0 Å². The first kappa shape index (κ1) is 17.7. The van der Waals surface area contributed by atoms with Crippen LogP contribution in [0.15, 0.2) is 24.8 Å². The van der Waals surface area contributed by atoms with Gasteiger partial charge >= 0.3 is 11.9 Å². The molecule has 2 N–H and O–H groups in total. The number of rotatable bonds is 6. The predicted octanol–water partition coefficient (Wildman–Crippen LogP) is 0.718. The highest BCUT2D eigenvalue weighted by molar-refractivity contribution is 5.86. The fraction of sp³-hybridized carbons (Fsp3) is 0.455. The SMILES string of the molecule is C=CCOCOC(=O)C(=C)C.CC(O)C(=O)O. The van der Waals surface area contributed by atoms with E-state index in [-0.39, 0.29) is 6.79 Å². The van der Waals surface area contributed by atoms with Crippen molar-refractivity contribution in [2.45, 2.75) is 20.0 Å². The summed E-state index contributed by atoms with van der Waals surface area (Å²) in [7, 11) is 0. The zero-order valence-electron chi connectivity index (χ0n) is 10.0. The summed E-state index contributed by atoms with van der Waals surface area (Å²) >= 11 is 0. The summed E-state index contributed by atoms with van der Waals surface area (Å²) in [6.07, 6.45) is 0.346. The molecule has 0 saturated heterocycles. The third-order valence-corrected chi connectivity index (χ3v) is 1.21. The molecule has 1 atom stereocenters. The molecule has 0 amide bonds. The molecule has 6 nitrogen and oxygen atoms in total. The number of ether oxygens (including phenoxy) is 2. The fourth-order valence-corrected chi connectivity index (χ4v) is 0.350. The smallest absolute Gasteiger partial charge is 0.335 e. The third-order valence-electron chi connectivity index (χ3n) is 1.21. The summed E-state index contributed by atoms with van der Waals surface area (Å²) in [6, 6.07) is 0. The predicted molar refractivity (Wildman–Crippen MR) is 61.2 cm³/mol. The minimum Gasteiger partial charge on any atom is -0.479 e. The highest BCUT2D eigenvalue weighted by atomic mass is 16.7. The molecule has 0 aliphatic heterocycles. The van der Waals surface area contributed by atoms with E-state index < -0.39 is 18.0 Å². The molecule has 0 aromatic carbocycles. The summed E-state index contributed by atoms with van der Waals surface area (Å²) in [4.78, 5) is 20.1. The van der Waals surface area contributed by atoms with Gasteiger partial charge in [-0.05, 0) is 13.8 Å². The molecule has 6 heteroatoms. The van der Waals surface area contributed by atoms with Crippen molar-refractivity contribution >= 4 is 11.9 Å². The van der Waals surface area contributed by atoms with E-state index in [9.17, 15) is 9.59 Å². The van der Waals surface area contributed by atoms with E-state index in [1.54, 1.807) is 13.0 Å². The number of aliphatic hydroxyl groups excluding tert-OH is 1. The van der Waals surface area contributed by atoms with Gasteiger partial charge in [0.1, 0.15) is 6.10 Å². The normalized spacial score (nSPS) is 10.5. The molecule has 0 spiro atoms. The minimum absolute atomic E-state index is 0.0439. The van der Waals surface area contributed by atoms with Crippen molar-refractivity contribution in [2.75, 3.05) is 13.4 Å². The number of aliphatic hydroxyl groups is 1. The Morgan fingerprint density at radius 3 is 2.24 bits per heavy atom. The quantitative estimate of drug-likeness (QED) is 0.236. The van der Waals surface area contributed by atoms with Gasteiger partial charge in [0.2, 0.25) is 0 Å². The zero-order chi connectivity index (χ0) is 13.8. The molecule has 0 aromatic rings. The van der Waals surface area contributed by atoms with Crippen LogP contribution in [-0.4, -0.2) is 41.7 Å². The van der Waals surface area contributed by atoms with Gasteiger partial charge in [-0.2, -0.15) is 0 Å². The van der Waals surface area contributed by atoms with E-state index in [4.69, 9.17) is 14.9 Å². The van der Waals surface area contributed by atoms with Gasteiger partial charge in [-0.3, -0.25) is 0 Å². The van der Waals surface area contributed by atoms with Gasteiger partial charge in [-0.15, -0.1) is 6.58 Å². The maximum Gasteiger partial charge on any atom is 0.335 e. The van der Waals surface area contributed by atoms with Crippen LogP contribution in [0, 0.1) is 0 Å². The van der Waals surface area contributed by atoms with Crippen molar-refractivity contribution in [2.24, 2.45) is 0 Å². The van der Waals surface area contributed by atoms with Crippen molar-refractivity contribution < 1.29 is 29.3 Å². The van der Waals surface area contributed by atoms with Gasteiger partial charge in [-0.1, -0.05) is 12.7 Å². The topological polar surface area (TPSA) is 93.1 Å². The van der Waals surface area contributed by atoms with Crippen molar-refractivity contribution in [3.63, 3.8) is 0 Å². The number of esters is 1. The summed E-state index contributed by atoms with van der Waals surface area (Å²) in [5.74, 6) is -1.62. The number of carbonyl (C=O) groups is 2. The second-order valence-electron chi connectivity index (χ2n) is 3.00. The van der Waals surface area contributed by atoms with Crippen LogP contribution in [0.2, 0.25) is 0 Å². The monoisotopic (exact) mass is 246 g/mol. The summed E-state index contributed by atoms with van der Waals surface area (Å²) < 4.78 is 9.40. The van der Waals surface area contributed by atoms with Crippen LogP contribution in [0.25, 0.3) is 0 Å². The Labute approximate surface area is 100 Å². The second kappa shape index (κ2) is 10.8. The molecular formula is C11H18O6. The van der Waals surface area contributed by atoms with Gasteiger partial charge in [0.05, 0.1) is 6.61 Å². The number of carboxylic acid groups (broad SMARTS) is 1. The number of aliphatic carboxylic acids is 1. The fourth-order valence-electron chi connectivity index (χ4n) is 0.350. The average molecular weight is 246 g/mol. The van der Waals surface area contributed by atoms with E-state index in [0.29, 0.717) is 12.2 Å². The van der Waals surface area contributed by atoms with Gasteiger partial charge < -0.3 is 19.7 Å². The van der Waals surface area contributed by atoms with Crippen molar-refractivity contribution in [1.82, 2.24) is 0 Å². The van der Waals surface area contributed by atoms with Gasteiger partial charge in [0.15, 0.2) is 6.79 Å². The van der Waals surface area contributed by atoms with Crippen molar-refractivity contribution in [3.05, 3.63) is 24.8 Å². The lowest BCUT2D eigenvalue weighted by atomic mass is 10.4. The molecule has 0 rings (SSSR count). The maximum atomic E-state index is 10.7. The minimum atomic E-state index is -1.23. The van der Waals surface area contributed by atoms with Gasteiger partial charge in [-0.25, -0.2) is 9.59 Å². The van der Waals surface area contributed by atoms with E-state index >= 15 is 0 Å². The molecule has 0 bridgehead atoms. The van der Waals surface area contributed by atoms with Gasteiger partial charge in [0.25, 0.3) is 0 Å². The van der Waals surface area contributed by atoms with E-state index in [1.807, 2.05) is 0 Å². The number of carboxylic acids is 1. The van der Waals surface area contributed by atoms with Crippen LogP contribution in [0.5, 0.6) is 0 Å². The Balaban J connectivity index is 0. The highest BCUT2D eigenvalue weighted by Crippen LogP contribution is 1.91. The van der Waals surface area contributed by atoms with Crippen LogP contribution in [-0.2, 0) is 19.1 Å². The van der Waals surface area contributed by atoms with E-state index in [1.165, 1.54) is 6.92 Å². The summed E-state index contributed by atoms with van der Waals surface area (Å²) in [6.45, 7) is 9.94. The summed E-state index contributed by atoms with van der Waals surface area (Å²) in [5, 5.41) is 15.8. The lowest BCUT2D eigenvalue weighted by Crippen LogP contribution is -2.13. The Hall–Kier alpha value is -1.66. The first-order valence-corrected chi connectivity index (χ1v) is 4.75. The molecule has 0 fully saturated rings. The standard InChI is InChI=1S/C8H12O3.C3H6O3/c1-4-5-10-6-11-8(9)7(2)3;1-2(4)3(5)6/h4H,1-2,5-6H2,3H3;2,4H,1H3,(H,5,6). The Kier molecular flexibility index (Phi) is 11.3. The highest BCUT2D eigenvalue weighted by Gasteiger charge is 2.01. The molecule has 98 valence electrons. The molecule has 0 radical (unpaired) electrons. The Morgan fingerprint density at radius 1 is 1.47 bits per heavy atom. The molecular weight excluding hydrogens is 228 g/mol. The first-order chi connectivity index (χ1) is 7.82. The van der Waals surface area contributed by atoms with Crippen LogP contribution < -0.4 is 0 Å². The van der Waals surface area contributed by atoms with Crippen molar-refractivity contribution in [3.8, 4) is 0 Å².